The minimum Gasteiger partial charge on any atom is -0.361 e. The first-order valence-corrected chi connectivity index (χ1v) is 11.7. The van der Waals surface area contributed by atoms with Gasteiger partial charge in [-0.1, -0.05) is 24.6 Å². The van der Waals surface area contributed by atoms with Gasteiger partial charge in [-0.25, -0.2) is 4.72 Å². The van der Waals surface area contributed by atoms with Crippen LogP contribution in [0.1, 0.15) is 30.4 Å². The fourth-order valence-corrected chi connectivity index (χ4v) is 6.43. The minimum absolute atomic E-state index is 0.173. The molecular weight excluding hydrogens is 372 g/mol. The highest BCUT2D eigenvalue weighted by atomic mass is 32.2. The van der Waals surface area contributed by atoms with E-state index in [1.165, 1.54) is 27.6 Å². The summed E-state index contributed by atoms with van der Waals surface area (Å²) in [5.41, 5.74) is 5.19. The molecule has 28 heavy (non-hydrogen) atoms. The van der Waals surface area contributed by atoms with Crippen LogP contribution in [0.25, 0.3) is 16.5 Å². The van der Waals surface area contributed by atoms with Gasteiger partial charge >= 0.3 is 0 Å². The van der Waals surface area contributed by atoms with E-state index in [0.29, 0.717) is 25.7 Å². The van der Waals surface area contributed by atoms with Crippen molar-refractivity contribution in [3.8, 4) is 0 Å². The first-order chi connectivity index (χ1) is 13.5. The van der Waals surface area contributed by atoms with Crippen molar-refractivity contribution in [2.75, 3.05) is 33.2 Å². The molecule has 0 radical (unpaired) electrons. The number of aromatic nitrogens is 1. The monoisotopic (exact) mass is 400 g/mol. The standard InChI is InChI=1S/C21H28N4O2S/c1-24-14-15(12-23-28(26,27)25-8-3-2-4-9-25)10-18-17-6-5-7-19-21(17)16(13-22-19)11-20(18)24/h5-7,10,13,15,20,22-23H,2-4,8-9,11-12,14H2,1H3/t15-,20+/m0/s1. The Bertz CT molecular complexity index is 1020. The van der Waals surface area contributed by atoms with Gasteiger partial charge in [0.05, 0.1) is 0 Å². The first-order valence-electron chi connectivity index (χ1n) is 10.3. The van der Waals surface area contributed by atoms with Crippen LogP contribution in [-0.2, 0) is 16.6 Å². The van der Waals surface area contributed by atoms with Crippen molar-refractivity contribution in [3.63, 3.8) is 0 Å². The molecule has 3 heterocycles. The zero-order chi connectivity index (χ0) is 19.3. The van der Waals surface area contributed by atoms with Crippen molar-refractivity contribution in [3.05, 3.63) is 41.6 Å². The highest BCUT2D eigenvalue weighted by Crippen LogP contribution is 2.40. The molecular formula is C21H28N4O2S. The maximum absolute atomic E-state index is 12.7. The summed E-state index contributed by atoms with van der Waals surface area (Å²) >= 11 is 0. The number of hydrogen-bond donors (Lipinski definition) is 2. The number of nitrogens with zero attached hydrogens (tertiary/aromatic N) is 2. The Morgan fingerprint density at radius 1 is 1.21 bits per heavy atom. The largest absolute Gasteiger partial charge is 0.361 e. The lowest BCUT2D eigenvalue weighted by Gasteiger charge is -2.40. The van der Waals surface area contributed by atoms with Crippen molar-refractivity contribution in [1.29, 1.82) is 0 Å². The molecule has 1 aliphatic carbocycles. The number of H-pyrrole nitrogens is 1. The molecule has 6 nitrogen and oxygen atoms in total. The summed E-state index contributed by atoms with van der Waals surface area (Å²) in [6.07, 6.45) is 8.50. The van der Waals surface area contributed by atoms with Crippen LogP contribution in [0, 0.1) is 5.92 Å². The van der Waals surface area contributed by atoms with E-state index < -0.39 is 10.2 Å². The molecule has 1 aromatic heterocycles. The second-order valence-electron chi connectivity index (χ2n) is 8.40. The van der Waals surface area contributed by atoms with Gasteiger partial charge in [0, 0.05) is 55.2 Å². The smallest absolute Gasteiger partial charge is 0.279 e. The summed E-state index contributed by atoms with van der Waals surface area (Å²) in [4.78, 5) is 5.77. The number of piperidine rings is 1. The van der Waals surface area contributed by atoms with Crippen LogP contribution >= 0.6 is 0 Å². The first kappa shape index (κ1) is 18.4. The van der Waals surface area contributed by atoms with Gasteiger partial charge in [-0.3, -0.25) is 4.90 Å². The van der Waals surface area contributed by atoms with Crippen molar-refractivity contribution in [2.24, 2.45) is 5.92 Å². The highest BCUT2D eigenvalue weighted by molar-refractivity contribution is 7.87. The summed E-state index contributed by atoms with van der Waals surface area (Å²) in [5, 5.41) is 1.33. The van der Waals surface area contributed by atoms with Crippen LogP contribution in [0.4, 0.5) is 0 Å². The van der Waals surface area contributed by atoms with Crippen molar-refractivity contribution in [1.82, 2.24) is 18.9 Å². The van der Waals surface area contributed by atoms with E-state index in [0.717, 1.165) is 32.2 Å². The van der Waals surface area contributed by atoms with E-state index in [9.17, 15) is 8.42 Å². The maximum Gasteiger partial charge on any atom is 0.279 e. The molecule has 1 fully saturated rings. The average molecular weight is 401 g/mol. The van der Waals surface area contributed by atoms with Gasteiger partial charge in [-0.2, -0.15) is 12.7 Å². The van der Waals surface area contributed by atoms with Crippen molar-refractivity contribution in [2.45, 2.75) is 31.7 Å². The van der Waals surface area contributed by atoms with Gasteiger partial charge in [0.2, 0.25) is 0 Å². The number of nitrogens with one attached hydrogen (secondary N) is 2. The second-order valence-corrected chi connectivity index (χ2v) is 10.2. The van der Waals surface area contributed by atoms with Crippen LogP contribution in [0.5, 0.6) is 0 Å². The number of rotatable bonds is 4. The van der Waals surface area contributed by atoms with E-state index >= 15 is 0 Å². The van der Waals surface area contributed by atoms with Crippen LogP contribution in [-0.4, -0.2) is 61.9 Å². The number of aromatic amines is 1. The third-order valence-corrected chi connectivity index (χ3v) is 8.10. The third kappa shape index (κ3) is 3.10. The third-order valence-electron chi connectivity index (χ3n) is 6.52. The van der Waals surface area contributed by atoms with E-state index in [2.05, 4.69) is 52.1 Å². The Morgan fingerprint density at radius 2 is 2.04 bits per heavy atom. The lowest BCUT2D eigenvalue weighted by Crippen LogP contribution is -2.48. The van der Waals surface area contributed by atoms with Crippen LogP contribution in [0.15, 0.2) is 30.5 Å². The molecule has 7 heteroatoms. The van der Waals surface area contributed by atoms with Gasteiger partial charge in [0.1, 0.15) is 0 Å². The summed E-state index contributed by atoms with van der Waals surface area (Å²) in [6.45, 7) is 2.60. The minimum atomic E-state index is -3.38. The predicted molar refractivity (Wildman–Crippen MR) is 112 cm³/mol. The lowest BCUT2D eigenvalue weighted by molar-refractivity contribution is 0.244. The molecule has 0 bridgehead atoms. The Hall–Kier alpha value is -1.67. The molecule has 0 saturated carbocycles. The van der Waals surface area contributed by atoms with Gasteiger partial charge in [0.15, 0.2) is 0 Å². The number of hydrogen-bond acceptors (Lipinski definition) is 3. The van der Waals surface area contributed by atoms with Gasteiger partial charge in [0.25, 0.3) is 10.2 Å². The molecule has 1 saturated heterocycles. The highest BCUT2D eigenvalue weighted by Gasteiger charge is 2.34. The Kier molecular flexibility index (Phi) is 4.58. The van der Waals surface area contributed by atoms with E-state index in [1.807, 2.05) is 0 Å². The molecule has 2 N–H and O–H groups in total. The Morgan fingerprint density at radius 3 is 2.86 bits per heavy atom. The van der Waals surface area contributed by atoms with Gasteiger partial charge < -0.3 is 4.98 Å². The molecule has 0 spiro atoms. The predicted octanol–water partition coefficient (Wildman–Crippen LogP) is 2.36. The molecule has 1 aromatic carbocycles. The summed E-state index contributed by atoms with van der Waals surface area (Å²) in [7, 11) is -1.22. The summed E-state index contributed by atoms with van der Waals surface area (Å²) in [6, 6.07) is 6.79. The Balaban J connectivity index is 1.40. The fourth-order valence-electron chi connectivity index (χ4n) is 5.09. The number of fused-ring (bicyclic) bond motifs is 2. The van der Waals surface area contributed by atoms with Crippen LogP contribution < -0.4 is 4.72 Å². The van der Waals surface area contributed by atoms with Crippen LogP contribution in [0.2, 0.25) is 0 Å². The number of benzene rings is 1. The molecule has 5 rings (SSSR count). The quantitative estimate of drug-likeness (QED) is 0.828. The lowest BCUT2D eigenvalue weighted by atomic mass is 9.80. The average Bonchev–Trinajstić information content (AvgIpc) is 3.12. The van der Waals surface area contributed by atoms with E-state index in [4.69, 9.17) is 0 Å². The topological polar surface area (TPSA) is 68.4 Å². The molecule has 0 amide bonds. The zero-order valence-electron chi connectivity index (χ0n) is 16.3. The second kappa shape index (κ2) is 6.99. The Labute approximate surface area is 166 Å². The van der Waals surface area contributed by atoms with Gasteiger partial charge in [-0.05, 0) is 49.1 Å². The molecule has 2 aromatic rings. The zero-order valence-corrected chi connectivity index (χ0v) is 17.1. The molecule has 2 atom stereocenters. The molecule has 0 unspecified atom stereocenters. The van der Waals surface area contributed by atoms with Gasteiger partial charge in [-0.15, -0.1) is 0 Å². The fraction of sp³-hybridized carbons (Fsp3) is 0.524. The molecule has 150 valence electrons. The summed E-state index contributed by atoms with van der Waals surface area (Å²) in [5.74, 6) is 0.173. The summed E-state index contributed by atoms with van der Waals surface area (Å²) < 4.78 is 29.8. The normalized spacial score (nSPS) is 26.2. The number of likely N-dealkylation sites (N-methyl/N-ethyl adjacent to an activating group) is 1. The maximum atomic E-state index is 12.7. The van der Waals surface area contributed by atoms with Crippen molar-refractivity contribution >= 4 is 26.7 Å². The van der Waals surface area contributed by atoms with E-state index in [-0.39, 0.29) is 5.92 Å². The molecule has 3 aliphatic rings. The van der Waals surface area contributed by atoms with Crippen molar-refractivity contribution < 1.29 is 8.42 Å². The molecule has 2 aliphatic heterocycles. The van der Waals surface area contributed by atoms with E-state index in [1.54, 1.807) is 4.31 Å². The van der Waals surface area contributed by atoms with Crippen LogP contribution in [0.3, 0.4) is 0 Å². The SMILES string of the molecule is CN1C[C@H](CNS(=O)(=O)N2CCCCC2)C=C2c3cccc4[nH]cc(c34)C[C@H]21.